The van der Waals surface area contributed by atoms with Crippen molar-refractivity contribution >= 4 is 23.5 Å². The highest BCUT2D eigenvalue weighted by atomic mass is 35.5. The largest absolute Gasteiger partial charge is 0.469 e. The first-order valence-electron chi connectivity index (χ1n) is 5.61. The topological polar surface area (TPSA) is 46.6 Å². The summed E-state index contributed by atoms with van der Waals surface area (Å²) in [5.74, 6) is 0.125. The van der Waals surface area contributed by atoms with E-state index in [1.807, 2.05) is 0 Å². The van der Waals surface area contributed by atoms with Crippen LogP contribution in [0.15, 0.2) is 0 Å². The Morgan fingerprint density at radius 2 is 2.19 bits per heavy atom. The predicted octanol–water partition coefficient (Wildman–Crippen LogP) is 1.56. The second-order valence-corrected chi connectivity index (χ2v) is 4.33. The third kappa shape index (κ3) is 3.67. The van der Waals surface area contributed by atoms with E-state index in [4.69, 9.17) is 11.6 Å². The quantitative estimate of drug-likeness (QED) is 0.560. The van der Waals surface area contributed by atoms with Gasteiger partial charge in [0.15, 0.2) is 0 Å². The molecule has 1 heterocycles. The highest BCUT2D eigenvalue weighted by Gasteiger charge is 2.28. The third-order valence-corrected chi connectivity index (χ3v) is 3.07. The molecule has 16 heavy (non-hydrogen) atoms. The molecule has 1 unspecified atom stereocenters. The number of methoxy groups -OCH3 is 1. The summed E-state index contributed by atoms with van der Waals surface area (Å²) >= 11 is 5.56. The second-order valence-electron chi connectivity index (χ2n) is 3.96. The minimum atomic E-state index is -0.254. The summed E-state index contributed by atoms with van der Waals surface area (Å²) in [4.78, 5) is 24.8. The maximum absolute atomic E-state index is 11.8. The number of carbonyl (C=O) groups is 2. The van der Waals surface area contributed by atoms with Crippen molar-refractivity contribution in [2.75, 3.05) is 19.5 Å². The van der Waals surface area contributed by atoms with Gasteiger partial charge in [0.25, 0.3) is 0 Å². The summed E-state index contributed by atoms with van der Waals surface area (Å²) in [5.41, 5.74) is 0. The lowest BCUT2D eigenvalue weighted by molar-refractivity contribution is -0.144. The fourth-order valence-electron chi connectivity index (χ4n) is 2.04. The van der Waals surface area contributed by atoms with E-state index in [-0.39, 0.29) is 17.9 Å². The average molecular weight is 248 g/mol. The van der Waals surface area contributed by atoms with Crippen molar-refractivity contribution in [2.45, 2.75) is 38.1 Å². The molecule has 0 aromatic carbocycles. The molecule has 1 amide bonds. The van der Waals surface area contributed by atoms with Crippen LogP contribution >= 0.6 is 11.6 Å². The van der Waals surface area contributed by atoms with Crippen molar-refractivity contribution in [3.05, 3.63) is 0 Å². The van der Waals surface area contributed by atoms with E-state index < -0.39 is 0 Å². The Labute approximate surface area is 101 Å². The van der Waals surface area contributed by atoms with Crippen molar-refractivity contribution in [1.29, 1.82) is 0 Å². The summed E-state index contributed by atoms with van der Waals surface area (Å²) in [6, 6.07) is -0.00285. The molecule has 1 aliphatic rings. The van der Waals surface area contributed by atoms with Crippen LogP contribution in [0, 0.1) is 0 Å². The van der Waals surface area contributed by atoms with Gasteiger partial charge in [-0.05, 0) is 19.3 Å². The van der Waals surface area contributed by atoms with E-state index >= 15 is 0 Å². The molecule has 1 fully saturated rings. The number of esters is 1. The molecule has 1 saturated heterocycles. The van der Waals surface area contributed by atoms with Crippen molar-refractivity contribution in [1.82, 2.24) is 4.90 Å². The van der Waals surface area contributed by atoms with Gasteiger partial charge in [-0.15, -0.1) is 11.6 Å². The number of ether oxygens (including phenoxy) is 1. The first-order valence-corrected chi connectivity index (χ1v) is 6.14. The number of likely N-dealkylation sites (tertiary alicyclic amines) is 1. The van der Waals surface area contributed by atoms with Crippen LogP contribution in [0.5, 0.6) is 0 Å². The number of nitrogens with zero attached hydrogens (tertiary/aromatic N) is 1. The molecule has 0 N–H and O–H groups in total. The van der Waals surface area contributed by atoms with Gasteiger partial charge in [0.1, 0.15) is 0 Å². The molecule has 1 aliphatic heterocycles. The molecule has 0 spiro atoms. The second kappa shape index (κ2) is 6.74. The van der Waals surface area contributed by atoms with E-state index in [1.54, 1.807) is 4.90 Å². The van der Waals surface area contributed by atoms with E-state index in [9.17, 15) is 9.59 Å². The molecule has 92 valence electrons. The highest BCUT2D eigenvalue weighted by molar-refractivity contribution is 6.18. The van der Waals surface area contributed by atoms with Crippen molar-refractivity contribution in [3.63, 3.8) is 0 Å². The number of piperidine rings is 1. The highest BCUT2D eigenvalue weighted by Crippen LogP contribution is 2.21. The molecule has 4 nitrogen and oxygen atoms in total. The average Bonchev–Trinajstić information content (AvgIpc) is 2.30. The van der Waals surface area contributed by atoms with E-state index in [1.165, 1.54) is 7.11 Å². The number of halogens is 1. The lowest BCUT2D eigenvalue weighted by Gasteiger charge is -2.35. The summed E-state index contributed by atoms with van der Waals surface area (Å²) in [7, 11) is 1.37. The van der Waals surface area contributed by atoms with Gasteiger partial charge in [-0.1, -0.05) is 0 Å². The molecule has 1 atom stereocenters. The molecule has 0 aliphatic carbocycles. The smallest absolute Gasteiger partial charge is 0.307 e. The van der Waals surface area contributed by atoms with Crippen LogP contribution < -0.4 is 0 Å². The summed E-state index contributed by atoms with van der Waals surface area (Å²) in [6.45, 7) is 0.734. The fraction of sp³-hybridized carbons (Fsp3) is 0.818. The van der Waals surface area contributed by atoms with E-state index in [2.05, 4.69) is 4.74 Å². The number of rotatable bonds is 4. The van der Waals surface area contributed by atoms with Gasteiger partial charge in [0, 0.05) is 24.9 Å². The van der Waals surface area contributed by atoms with E-state index in [0.29, 0.717) is 18.7 Å². The normalized spacial score (nSPS) is 20.6. The Hall–Kier alpha value is -0.770. The lowest BCUT2D eigenvalue weighted by atomic mass is 9.99. The van der Waals surface area contributed by atoms with Gasteiger partial charge in [-0.3, -0.25) is 9.59 Å². The Bertz CT molecular complexity index is 258. The molecule has 0 bridgehead atoms. The van der Waals surface area contributed by atoms with Gasteiger partial charge in [-0.2, -0.15) is 0 Å². The Morgan fingerprint density at radius 1 is 1.44 bits per heavy atom. The SMILES string of the molecule is COC(=O)CC1CCCCN1C(=O)CCCl. The van der Waals surface area contributed by atoms with E-state index in [0.717, 1.165) is 25.8 Å². The van der Waals surface area contributed by atoms with Crippen LogP contribution in [0.4, 0.5) is 0 Å². The molecule has 0 aromatic heterocycles. The van der Waals surface area contributed by atoms with Crippen molar-refractivity contribution in [3.8, 4) is 0 Å². The van der Waals surface area contributed by atoms with Crippen molar-refractivity contribution in [2.24, 2.45) is 0 Å². The number of hydrogen-bond acceptors (Lipinski definition) is 3. The zero-order valence-corrected chi connectivity index (χ0v) is 10.3. The maximum Gasteiger partial charge on any atom is 0.307 e. The minimum Gasteiger partial charge on any atom is -0.469 e. The van der Waals surface area contributed by atoms with Gasteiger partial charge in [-0.25, -0.2) is 0 Å². The van der Waals surface area contributed by atoms with Crippen molar-refractivity contribution < 1.29 is 14.3 Å². The molecular weight excluding hydrogens is 230 g/mol. The molecule has 5 heteroatoms. The van der Waals surface area contributed by atoms with Crippen LogP contribution in [-0.4, -0.2) is 42.4 Å². The molecule has 0 aromatic rings. The Morgan fingerprint density at radius 3 is 2.81 bits per heavy atom. The van der Waals surface area contributed by atoms with Crippen LogP contribution in [0.1, 0.15) is 32.1 Å². The van der Waals surface area contributed by atoms with Crippen LogP contribution in [0.2, 0.25) is 0 Å². The summed E-state index contributed by atoms with van der Waals surface area (Å²) in [5, 5.41) is 0. The zero-order chi connectivity index (χ0) is 12.0. The van der Waals surface area contributed by atoms with Gasteiger partial charge in [0.05, 0.1) is 13.5 Å². The molecule has 0 radical (unpaired) electrons. The maximum atomic E-state index is 11.8. The number of hydrogen-bond donors (Lipinski definition) is 0. The van der Waals surface area contributed by atoms with Gasteiger partial charge >= 0.3 is 5.97 Å². The molecule has 1 rings (SSSR count). The Kier molecular flexibility index (Phi) is 5.60. The van der Waals surface area contributed by atoms with Crippen LogP contribution in [-0.2, 0) is 14.3 Å². The first-order chi connectivity index (χ1) is 7.69. The minimum absolute atomic E-state index is 0.00285. The number of amides is 1. The zero-order valence-electron chi connectivity index (χ0n) is 9.58. The molecule has 0 saturated carbocycles. The lowest BCUT2D eigenvalue weighted by Crippen LogP contribution is -2.44. The van der Waals surface area contributed by atoms with Crippen LogP contribution in [0.3, 0.4) is 0 Å². The monoisotopic (exact) mass is 247 g/mol. The summed E-state index contributed by atoms with van der Waals surface area (Å²) < 4.78 is 4.64. The standard InChI is InChI=1S/C11H18ClNO3/c1-16-11(15)8-9-4-2-3-7-13(9)10(14)5-6-12/h9H,2-8H2,1H3. The first kappa shape index (κ1) is 13.3. The fourth-order valence-corrected chi connectivity index (χ4v) is 2.20. The number of alkyl halides is 1. The number of carbonyl (C=O) groups excluding carboxylic acids is 2. The van der Waals surface area contributed by atoms with Gasteiger partial charge < -0.3 is 9.64 Å². The van der Waals surface area contributed by atoms with Gasteiger partial charge in [0.2, 0.25) is 5.91 Å². The summed E-state index contributed by atoms with van der Waals surface area (Å²) in [6.07, 6.45) is 3.59. The predicted molar refractivity (Wildman–Crippen MR) is 61.3 cm³/mol. The Balaban J connectivity index is 2.56. The van der Waals surface area contributed by atoms with Crippen LogP contribution in [0.25, 0.3) is 0 Å². The third-order valence-electron chi connectivity index (χ3n) is 2.89. The molecular formula is C11H18ClNO3.